The average Bonchev–Trinajstić information content (AvgIpc) is 3.63. The van der Waals surface area contributed by atoms with Crippen LogP contribution in [-0.2, 0) is 24.8 Å². The number of rotatable bonds is 9. The minimum atomic E-state index is -4.08. The fourth-order valence-electron chi connectivity index (χ4n) is 5.70. The molecule has 0 radical (unpaired) electrons. The average molecular weight is 549 g/mol. The van der Waals surface area contributed by atoms with Crippen molar-refractivity contribution in [1.82, 2.24) is 9.97 Å². The molecular formula is C25H32N4O6S2. The Morgan fingerprint density at radius 3 is 2.92 bits per heavy atom. The van der Waals surface area contributed by atoms with Gasteiger partial charge in [-0.25, -0.2) is 15.1 Å². The highest BCUT2D eigenvalue weighted by Crippen LogP contribution is 2.47. The summed E-state index contributed by atoms with van der Waals surface area (Å²) >= 11 is 1.40. The molecule has 1 aliphatic heterocycles. The van der Waals surface area contributed by atoms with Crippen LogP contribution in [0.4, 0.5) is 5.82 Å². The molecule has 2 aliphatic carbocycles. The predicted octanol–water partition coefficient (Wildman–Crippen LogP) is 3.05. The zero-order valence-electron chi connectivity index (χ0n) is 20.5. The second kappa shape index (κ2) is 10.9. The summed E-state index contributed by atoms with van der Waals surface area (Å²) in [6.07, 6.45) is 11.6. The molecule has 2 fully saturated rings. The van der Waals surface area contributed by atoms with Crippen LogP contribution in [0.2, 0.25) is 0 Å². The fourth-order valence-corrected chi connectivity index (χ4v) is 6.99. The zero-order chi connectivity index (χ0) is 26.0. The molecule has 4 atom stereocenters. The largest absolute Gasteiger partial charge is 0.393 e. The van der Waals surface area contributed by atoms with E-state index in [1.54, 1.807) is 0 Å². The quantitative estimate of drug-likeness (QED) is 0.317. The standard InChI is InChI=1S/C25H32N4O6S2/c26-37(32,33)35-13-16-9-19(11-21(16)30)29-24-20(12-27-15-28-24)23(31)22-10-18(14-36-22)25(7-4-8-34-25)17-5-2-1-3-6-17/h5,10,12,14-16,19,21,30H,1-4,6-9,11,13H2,(H2,26,32,33)(H,27,28,29)/t16-,19-,21+,25?/m1/s1. The van der Waals surface area contributed by atoms with Crippen LogP contribution in [0.5, 0.6) is 0 Å². The van der Waals surface area contributed by atoms with E-state index in [1.807, 2.05) is 11.4 Å². The molecule has 0 amide bonds. The van der Waals surface area contributed by atoms with Crippen LogP contribution in [0.1, 0.15) is 72.2 Å². The Morgan fingerprint density at radius 1 is 1.32 bits per heavy atom. The summed E-state index contributed by atoms with van der Waals surface area (Å²) < 4.78 is 33.2. The third-order valence-corrected chi connectivity index (χ3v) is 8.92. The maximum Gasteiger partial charge on any atom is 0.333 e. The van der Waals surface area contributed by atoms with Crippen molar-refractivity contribution in [3.05, 3.63) is 51.6 Å². The molecule has 2 aromatic rings. The highest BCUT2D eigenvalue weighted by atomic mass is 32.2. The van der Waals surface area contributed by atoms with E-state index in [2.05, 4.69) is 25.5 Å². The number of nitrogens with two attached hydrogens (primary N) is 1. The van der Waals surface area contributed by atoms with Gasteiger partial charge in [-0.15, -0.1) is 11.3 Å². The van der Waals surface area contributed by atoms with Gasteiger partial charge >= 0.3 is 10.3 Å². The van der Waals surface area contributed by atoms with Crippen molar-refractivity contribution >= 4 is 33.2 Å². The number of anilines is 1. The van der Waals surface area contributed by atoms with Crippen molar-refractivity contribution < 1.29 is 27.2 Å². The summed E-state index contributed by atoms with van der Waals surface area (Å²) in [5, 5.41) is 20.5. The molecule has 10 nitrogen and oxygen atoms in total. The van der Waals surface area contributed by atoms with E-state index in [4.69, 9.17) is 9.88 Å². The smallest absolute Gasteiger partial charge is 0.333 e. The second-order valence-electron chi connectivity index (χ2n) is 9.99. The summed E-state index contributed by atoms with van der Waals surface area (Å²) in [6, 6.07) is 1.72. The van der Waals surface area contributed by atoms with Crippen molar-refractivity contribution in [1.29, 1.82) is 0 Å². The number of nitrogens with zero attached hydrogens (tertiary/aromatic N) is 2. The number of ether oxygens (including phenoxy) is 1. The Labute approximate surface area is 220 Å². The number of aliphatic hydroxyl groups excluding tert-OH is 1. The lowest BCUT2D eigenvalue weighted by molar-refractivity contribution is 0.0285. The van der Waals surface area contributed by atoms with Crippen LogP contribution < -0.4 is 10.5 Å². The maximum absolute atomic E-state index is 13.6. The molecule has 200 valence electrons. The Morgan fingerprint density at radius 2 is 2.19 bits per heavy atom. The Hall–Kier alpha value is -2.22. The number of carbonyl (C=O) groups is 1. The number of aromatic nitrogens is 2. The molecule has 4 N–H and O–H groups in total. The normalized spacial score (nSPS) is 28.3. The number of hydrogen-bond acceptors (Lipinski definition) is 10. The van der Waals surface area contributed by atoms with Gasteiger partial charge in [0, 0.05) is 24.8 Å². The monoisotopic (exact) mass is 548 g/mol. The van der Waals surface area contributed by atoms with Gasteiger partial charge in [0.05, 0.1) is 23.2 Å². The lowest BCUT2D eigenvalue weighted by Gasteiger charge is -2.33. The van der Waals surface area contributed by atoms with Crippen LogP contribution in [0.25, 0.3) is 0 Å². The van der Waals surface area contributed by atoms with Crippen LogP contribution in [0.15, 0.2) is 35.6 Å². The Bertz CT molecular complexity index is 1270. The summed E-state index contributed by atoms with van der Waals surface area (Å²) in [6.45, 7) is 0.513. The van der Waals surface area contributed by atoms with E-state index in [0.717, 1.165) is 37.7 Å². The Kier molecular flexibility index (Phi) is 7.75. The minimum Gasteiger partial charge on any atom is -0.393 e. The summed E-state index contributed by atoms with van der Waals surface area (Å²) in [4.78, 5) is 22.5. The van der Waals surface area contributed by atoms with Gasteiger partial charge in [0.2, 0.25) is 5.78 Å². The number of nitrogens with one attached hydrogen (secondary N) is 1. The molecule has 0 spiro atoms. The van der Waals surface area contributed by atoms with Gasteiger partial charge in [-0.2, -0.15) is 8.42 Å². The van der Waals surface area contributed by atoms with E-state index in [9.17, 15) is 18.3 Å². The topological polar surface area (TPSA) is 154 Å². The fraction of sp³-hybridized carbons (Fsp3) is 0.560. The first-order chi connectivity index (χ1) is 17.7. The van der Waals surface area contributed by atoms with Crippen molar-refractivity contribution in [3.63, 3.8) is 0 Å². The van der Waals surface area contributed by atoms with Crippen molar-refractivity contribution in [2.24, 2.45) is 11.1 Å². The molecule has 0 bridgehead atoms. The van der Waals surface area contributed by atoms with E-state index in [1.165, 1.54) is 35.9 Å². The molecule has 2 aromatic heterocycles. The molecule has 1 unspecified atom stereocenters. The van der Waals surface area contributed by atoms with E-state index >= 15 is 0 Å². The van der Waals surface area contributed by atoms with Crippen molar-refractivity contribution in [3.8, 4) is 0 Å². The lowest BCUT2D eigenvalue weighted by Crippen LogP contribution is -2.28. The third-order valence-electron chi connectivity index (χ3n) is 7.52. The first-order valence-corrected chi connectivity index (χ1v) is 15.0. The summed E-state index contributed by atoms with van der Waals surface area (Å²) in [7, 11) is -4.08. The molecule has 5 rings (SSSR count). The zero-order valence-corrected chi connectivity index (χ0v) is 22.1. The molecule has 1 saturated carbocycles. The second-order valence-corrected chi connectivity index (χ2v) is 12.1. The first kappa shape index (κ1) is 26.4. The maximum atomic E-state index is 13.6. The highest BCUT2D eigenvalue weighted by molar-refractivity contribution is 7.84. The van der Waals surface area contributed by atoms with Crippen LogP contribution in [-0.4, -0.2) is 54.6 Å². The number of carbonyl (C=O) groups excluding carboxylic acids is 1. The van der Waals surface area contributed by atoms with Gasteiger partial charge in [-0.05, 0) is 73.9 Å². The Balaban J connectivity index is 1.33. The van der Waals surface area contributed by atoms with Gasteiger partial charge in [0.1, 0.15) is 17.7 Å². The molecule has 37 heavy (non-hydrogen) atoms. The SMILES string of the molecule is NS(=O)(=O)OC[C@H]1C[C@@H](Nc2ncncc2C(=O)c2cc(C3(C4=CCCCC4)CCCO3)cs2)C[C@@H]1O. The van der Waals surface area contributed by atoms with Crippen LogP contribution in [0, 0.1) is 5.92 Å². The van der Waals surface area contributed by atoms with Crippen LogP contribution >= 0.6 is 11.3 Å². The van der Waals surface area contributed by atoms with Gasteiger partial charge in [-0.3, -0.25) is 8.98 Å². The number of thiophene rings is 1. The molecule has 12 heteroatoms. The van der Waals surface area contributed by atoms with E-state index < -0.39 is 27.9 Å². The van der Waals surface area contributed by atoms with Gasteiger partial charge < -0.3 is 15.2 Å². The summed E-state index contributed by atoms with van der Waals surface area (Å²) in [5.41, 5.74) is 2.28. The number of ketones is 1. The molecule has 1 saturated heterocycles. The molecule has 3 aliphatic rings. The van der Waals surface area contributed by atoms with Gasteiger partial charge in [-0.1, -0.05) is 6.08 Å². The van der Waals surface area contributed by atoms with Crippen molar-refractivity contribution in [2.45, 2.75) is 69.1 Å². The predicted molar refractivity (Wildman–Crippen MR) is 138 cm³/mol. The molecule has 0 aromatic carbocycles. The number of allylic oxidation sites excluding steroid dienone is 1. The number of aliphatic hydroxyl groups is 1. The first-order valence-electron chi connectivity index (χ1n) is 12.6. The molecular weight excluding hydrogens is 516 g/mol. The van der Waals surface area contributed by atoms with Gasteiger partial charge in [0.15, 0.2) is 0 Å². The third kappa shape index (κ3) is 5.79. The van der Waals surface area contributed by atoms with E-state index in [0.29, 0.717) is 35.7 Å². The lowest BCUT2D eigenvalue weighted by atomic mass is 9.79. The van der Waals surface area contributed by atoms with Crippen molar-refractivity contribution in [2.75, 3.05) is 18.5 Å². The van der Waals surface area contributed by atoms with Crippen LogP contribution in [0.3, 0.4) is 0 Å². The van der Waals surface area contributed by atoms with Gasteiger partial charge in [0.25, 0.3) is 0 Å². The summed E-state index contributed by atoms with van der Waals surface area (Å²) in [5.74, 6) is -0.215. The molecule has 3 heterocycles. The highest BCUT2D eigenvalue weighted by Gasteiger charge is 2.42. The minimum absolute atomic E-state index is 0.183. The number of hydrogen-bond donors (Lipinski definition) is 3. The van der Waals surface area contributed by atoms with E-state index in [-0.39, 0.29) is 18.4 Å².